The highest BCUT2D eigenvalue weighted by molar-refractivity contribution is 6.30. The number of benzene rings is 1. The number of hydrogen-bond acceptors (Lipinski definition) is 3. The highest BCUT2D eigenvalue weighted by Gasteiger charge is 2.07. The molecular weight excluding hydrogens is 264 g/mol. The standard InChI is InChI=1S/C14H21ClN2O2/c1-11(12-4-6-13(15)7-5-12)17-10-14(18)16-8-3-9-19-2/h4-7,11,17H,3,8-10H2,1-2H3,(H,16,18)/t11-/m0/s1. The third kappa shape index (κ3) is 6.57. The van der Waals surface area contributed by atoms with Crippen molar-refractivity contribution < 1.29 is 9.53 Å². The van der Waals surface area contributed by atoms with Crippen molar-refractivity contribution in [2.45, 2.75) is 19.4 Å². The molecule has 0 saturated heterocycles. The topological polar surface area (TPSA) is 50.4 Å². The maximum Gasteiger partial charge on any atom is 0.233 e. The molecular formula is C14H21ClN2O2. The Balaban J connectivity index is 2.24. The van der Waals surface area contributed by atoms with Crippen LogP contribution in [0.25, 0.3) is 0 Å². The van der Waals surface area contributed by atoms with E-state index >= 15 is 0 Å². The van der Waals surface area contributed by atoms with Crippen LogP contribution in [0.4, 0.5) is 0 Å². The fourth-order valence-corrected chi connectivity index (χ4v) is 1.75. The van der Waals surface area contributed by atoms with Crippen LogP contribution in [0.15, 0.2) is 24.3 Å². The van der Waals surface area contributed by atoms with Gasteiger partial charge in [-0.05, 0) is 31.0 Å². The van der Waals surface area contributed by atoms with Gasteiger partial charge >= 0.3 is 0 Å². The van der Waals surface area contributed by atoms with Crippen LogP contribution in [0.3, 0.4) is 0 Å². The number of nitrogens with one attached hydrogen (secondary N) is 2. The maximum absolute atomic E-state index is 11.6. The summed E-state index contributed by atoms with van der Waals surface area (Å²) >= 11 is 5.83. The SMILES string of the molecule is COCCCNC(=O)CN[C@@H](C)c1ccc(Cl)cc1. The van der Waals surface area contributed by atoms with E-state index in [0.29, 0.717) is 24.7 Å². The van der Waals surface area contributed by atoms with Crippen molar-refractivity contribution in [1.82, 2.24) is 10.6 Å². The molecule has 4 nitrogen and oxygen atoms in total. The maximum atomic E-state index is 11.6. The molecule has 0 heterocycles. The minimum absolute atomic E-state index is 0.00286. The molecule has 0 bridgehead atoms. The smallest absolute Gasteiger partial charge is 0.233 e. The van der Waals surface area contributed by atoms with Gasteiger partial charge in [0.1, 0.15) is 0 Å². The van der Waals surface area contributed by atoms with E-state index in [1.807, 2.05) is 31.2 Å². The molecule has 0 radical (unpaired) electrons. The number of rotatable bonds is 8. The van der Waals surface area contributed by atoms with Crippen molar-refractivity contribution in [2.75, 3.05) is 26.8 Å². The van der Waals surface area contributed by atoms with E-state index in [-0.39, 0.29) is 11.9 Å². The second-order valence-electron chi connectivity index (χ2n) is 4.35. The Morgan fingerprint density at radius 2 is 2.05 bits per heavy atom. The largest absolute Gasteiger partial charge is 0.385 e. The lowest BCUT2D eigenvalue weighted by molar-refractivity contribution is -0.120. The average Bonchev–Trinajstić information content (AvgIpc) is 2.42. The Labute approximate surface area is 119 Å². The highest BCUT2D eigenvalue weighted by atomic mass is 35.5. The molecule has 1 rings (SSSR count). The van der Waals surface area contributed by atoms with E-state index in [1.54, 1.807) is 7.11 Å². The summed E-state index contributed by atoms with van der Waals surface area (Å²) in [6.45, 7) is 3.62. The molecule has 1 aromatic carbocycles. The molecule has 1 aromatic rings. The van der Waals surface area contributed by atoms with E-state index in [4.69, 9.17) is 16.3 Å². The summed E-state index contributed by atoms with van der Waals surface area (Å²) in [7, 11) is 1.65. The van der Waals surface area contributed by atoms with Crippen molar-refractivity contribution >= 4 is 17.5 Å². The van der Waals surface area contributed by atoms with Crippen LogP contribution in [0.2, 0.25) is 5.02 Å². The van der Waals surface area contributed by atoms with Crippen LogP contribution in [0.1, 0.15) is 24.9 Å². The van der Waals surface area contributed by atoms with Crippen LogP contribution in [-0.4, -0.2) is 32.7 Å². The molecule has 1 atom stereocenters. The minimum atomic E-state index is -0.00286. The zero-order valence-corrected chi connectivity index (χ0v) is 12.2. The minimum Gasteiger partial charge on any atom is -0.385 e. The normalized spacial score (nSPS) is 12.2. The van der Waals surface area contributed by atoms with E-state index in [0.717, 1.165) is 12.0 Å². The summed E-state index contributed by atoms with van der Waals surface area (Å²) in [5.74, 6) is -0.00286. The monoisotopic (exact) mass is 284 g/mol. The molecule has 106 valence electrons. The summed E-state index contributed by atoms with van der Waals surface area (Å²) in [4.78, 5) is 11.6. The summed E-state index contributed by atoms with van der Waals surface area (Å²) in [5, 5.41) is 6.72. The molecule has 0 saturated carbocycles. The average molecular weight is 285 g/mol. The first-order chi connectivity index (χ1) is 9.13. The van der Waals surface area contributed by atoms with E-state index in [2.05, 4.69) is 10.6 Å². The van der Waals surface area contributed by atoms with E-state index < -0.39 is 0 Å². The molecule has 0 aliphatic rings. The second kappa shape index (κ2) is 8.91. The molecule has 0 aliphatic carbocycles. The Hall–Kier alpha value is -1.10. The number of amides is 1. The van der Waals surface area contributed by atoms with E-state index in [9.17, 15) is 4.79 Å². The molecule has 0 unspecified atom stereocenters. The van der Waals surface area contributed by atoms with Crippen LogP contribution < -0.4 is 10.6 Å². The third-order valence-electron chi connectivity index (χ3n) is 2.79. The van der Waals surface area contributed by atoms with Crippen LogP contribution in [-0.2, 0) is 9.53 Å². The Morgan fingerprint density at radius 1 is 1.37 bits per heavy atom. The van der Waals surface area contributed by atoms with Crippen LogP contribution >= 0.6 is 11.6 Å². The van der Waals surface area contributed by atoms with Gasteiger partial charge in [0.25, 0.3) is 0 Å². The number of carbonyl (C=O) groups is 1. The molecule has 0 aliphatic heterocycles. The van der Waals surface area contributed by atoms with Crippen molar-refractivity contribution in [2.24, 2.45) is 0 Å². The fourth-order valence-electron chi connectivity index (χ4n) is 1.62. The Kier molecular flexibility index (Phi) is 7.48. The Bertz CT molecular complexity index is 382. The molecule has 1 amide bonds. The van der Waals surface area contributed by atoms with Gasteiger partial charge in [-0.3, -0.25) is 4.79 Å². The van der Waals surface area contributed by atoms with Gasteiger partial charge in [-0.25, -0.2) is 0 Å². The number of hydrogen-bond donors (Lipinski definition) is 2. The molecule has 2 N–H and O–H groups in total. The van der Waals surface area contributed by atoms with Crippen molar-refractivity contribution in [3.05, 3.63) is 34.9 Å². The number of carbonyl (C=O) groups excluding carboxylic acids is 1. The molecule has 19 heavy (non-hydrogen) atoms. The molecule has 0 aromatic heterocycles. The third-order valence-corrected chi connectivity index (χ3v) is 3.04. The summed E-state index contributed by atoms with van der Waals surface area (Å²) < 4.78 is 4.91. The van der Waals surface area contributed by atoms with Gasteiger partial charge in [0.05, 0.1) is 6.54 Å². The lowest BCUT2D eigenvalue weighted by Gasteiger charge is -2.14. The number of halogens is 1. The van der Waals surface area contributed by atoms with Gasteiger partial charge in [-0.2, -0.15) is 0 Å². The first kappa shape index (κ1) is 16.0. The highest BCUT2D eigenvalue weighted by Crippen LogP contribution is 2.15. The van der Waals surface area contributed by atoms with Crippen molar-refractivity contribution in [1.29, 1.82) is 0 Å². The van der Waals surface area contributed by atoms with Crippen molar-refractivity contribution in [3.8, 4) is 0 Å². The lowest BCUT2D eigenvalue weighted by atomic mass is 10.1. The lowest BCUT2D eigenvalue weighted by Crippen LogP contribution is -2.35. The zero-order valence-electron chi connectivity index (χ0n) is 11.4. The predicted molar refractivity (Wildman–Crippen MR) is 77.4 cm³/mol. The number of methoxy groups -OCH3 is 1. The van der Waals surface area contributed by atoms with Crippen LogP contribution in [0.5, 0.6) is 0 Å². The quantitative estimate of drug-likeness (QED) is 0.719. The second-order valence-corrected chi connectivity index (χ2v) is 4.79. The molecule has 0 fully saturated rings. The first-order valence-electron chi connectivity index (χ1n) is 6.38. The van der Waals surface area contributed by atoms with Gasteiger partial charge in [-0.1, -0.05) is 23.7 Å². The summed E-state index contributed by atoms with van der Waals surface area (Å²) in [6.07, 6.45) is 0.828. The summed E-state index contributed by atoms with van der Waals surface area (Å²) in [5.41, 5.74) is 1.11. The van der Waals surface area contributed by atoms with E-state index in [1.165, 1.54) is 0 Å². The molecule has 0 spiro atoms. The van der Waals surface area contributed by atoms with Gasteiger partial charge in [-0.15, -0.1) is 0 Å². The Morgan fingerprint density at radius 3 is 2.68 bits per heavy atom. The van der Waals surface area contributed by atoms with Gasteiger partial charge in [0.2, 0.25) is 5.91 Å². The fraction of sp³-hybridized carbons (Fsp3) is 0.500. The first-order valence-corrected chi connectivity index (χ1v) is 6.75. The van der Waals surface area contributed by atoms with Gasteiger partial charge < -0.3 is 15.4 Å². The zero-order chi connectivity index (χ0) is 14.1. The number of ether oxygens (including phenoxy) is 1. The van der Waals surface area contributed by atoms with Crippen molar-refractivity contribution in [3.63, 3.8) is 0 Å². The predicted octanol–water partition coefficient (Wildman–Crippen LogP) is 2.14. The van der Waals surface area contributed by atoms with Gasteiger partial charge in [0.15, 0.2) is 0 Å². The van der Waals surface area contributed by atoms with Gasteiger partial charge in [0, 0.05) is 31.3 Å². The molecule has 5 heteroatoms. The van der Waals surface area contributed by atoms with Crippen LogP contribution in [0, 0.1) is 0 Å². The summed E-state index contributed by atoms with van der Waals surface area (Å²) in [6, 6.07) is 7.72.